The highest BCUT2D eigenvalue weighted by molar-refractivity contribution is 7.19. The molecule has 7 rings (SSSR count). The molecular formula is C28H31N7O3S. The number of piperazine rings is 1. The molecule has 1 atom stereocenters. The molecule has 3 aromatic heterocycles. The van der Waals surface area contributed by atoms with Crippen LogP contribution in [0.5, 0.6) is 0 Å². The number of nitrogens with one attached hydrogen (secondary N) is 1. The number of carbonyl (C=O) groups is 2. The summed E-state index contributed by atoms with van der Waals surface area (Å²) in [6, 6.07) is 10.1. The Kier molecular flexibility index (Phi) is 6.29. The average molecular weight is 546 g/mol. The summed E-state index contributed by atoms with van der Waals surface area (Å²) in [5.74, 6) is 1.76. The van der Waals surface area contributed by atoms with Gasteiger partial charge in [0.2, 0.25) is 17.8 Å². The molecule has 0 bridgehead atoms. The van der Waals surface area contributed by atoms with Gasteiger partial charge in [0.1, 0.15) is 11.9 Å². The number of rotatable bonds is 6. The second-order valence-electron chi connectivity index (χ2n) is 10.5. The molecule has 1 aliphatic carbocycles. The van der Waals surface area contributed by atoms with E-state index in [0.29, 0.717) is 38.7 Å². The largest absolute Gasteiger partial charge is 0.369 e. The third kappa shape index (κ3) is 4.58. The fourth-order valence-corrected chi connectivity index (χ4v) is 6.65. The molecule has 39 heavy (non-hydrogen) atoms. The maximum Gasteiger partial charge on any atom is 0.242 e. The van der Waals surface area contributed by atoms with E-state index >= 15 is 0 Å². The van der Waals surface area contributed by atoms with E-state index in [1.165, 1.54) is 0 Å². The van der Waals surface area contributed by atoms with E-state index in [4.69, 9.17) is 19.7 Å². The van der Waals surface area contributed by atoms with Crippen molar-refractivity contribution in [2.45, 2.75) is 38.8 Å². The zero-order chi connectivity index (χ0) is 26.5. The van der Waals surface area contributed by atoms with Gasteiger partial charge in [-0.25, -0.2) is 15.0 Å². The van der Waals surface area contributed by atoms with E-state index in [1.54, 1.807) is 16.2 Å². The number of para-hydroxylation sites is 2. The Morgan fingerprint density at radius 1 is 1.15 bits per heavy atom. The highest BCUT2D eigenvalue weighted by atomic mass is 32.1. The van der Waals surface area contributed by atoms with E-state index in [-0.39, 0.29) is 30.4 Å². The lowest BCUT2D eigenvalue weighted by Crippen LogP contribution is -2.52. The first-order valence-corrected chi connectivity index (χ1v) is 14.6. The number of nitrogens with zero attached hydrogens (tertiary/aromatic N) is 6. The van der Waals surface area contributed by atoms with Crippen molar-refractivity contribution >= 4 is 44.4 Å². The van der Waals surface area contributed by atoms with E-state index < -0.39 is 0 Å². The summed E-state index contributed by atoms with van der Waals surface area (Å²) in [4.78, 5) is 45.0. The van der Waals surface area contributed by atoms with Gasteiger partial charge in [0, 0.05) is 43.4 Å². The van der Waals surface area contributed by atoms with Crippen molar-refractivity contribution in [3.63, 3.8) is 0 Å². The van der Waals surface area contributed by atoms with Gasteiger partial charge < -0.3 is 19.9 Å². The van der Waals surface area contributed by atoms with Gasteiger partial charge in [0.05, 0.1) is 46.6 Å². The van der Waals surface area contributed by atoms with Crippen molar-refractivity contribution in [2.24, 2.45) is 5.92 Å². The molecule has 202 valence electrons. The number of carbonyl (C=O) groups excluding carboxylic acids is 2. The molecule has 0 spiro atoms. The van der Waals surface area contributed by atoms with Crippen molar-refractivity contribution in [2.75, 3.05) is 39.3 Å². The minimum atomic E-state index is -0.187. The normalized spacial score (nSPS) is 20.3. The lowest BCUT2D eigenvalue weighted by molar-refractivity contribution is -0.146. The molecule has 11 heteroatoms. The van der Waals surface area contributed by atoms with Crippen molar-refractivity contribution in [3.05, 3.63) is 46.7 Å². The number of imidazole rings is 1. The van der Waals surface area contributed by atoms with Crippen molar-refractivity contribution < 1.29 is 14.3 Å². The number of amides is 2. The number of hydrogen-bond donors (Lipinski definition) is 1. The number of aryl methyl sites for hydroxylation is 1. The summed E-state index contributed by atoms with van der Waals surface area (Å²) in [5.41, 5.74) is 3.60. The van der Waals surface area contributed by atoms with Crippen molar-refractivity contribution in [1.29, 1.82) is 0 Å². The SMILES string of the molecule is CCc1nc2ccccc2n1-c1nc(C2CNCCO2)c2sc(CN3CCN(C(=O)C4CC4)CC3=O)cc2n1. The molecule has 1 N–H and O–H groups in total. The molecule has 1 unspecified atom stereocenters. The predicted molar refractivity (Wildman–Crippen MR) is 148 cm³/mol. The zero-order valence-electron chi connectivity index (χ0n) is 21.9. The molecule has 10 nitrogen and oxygen atoms in total. The van der Waals surface area contributed by atoms with Crippen molar-refractivity contribution in [3.8, 4) is 5.95 Å². The lowest BCUT2D eigenvalue weighted by atomic mass is 10.2. The first-order valence-electron chi connectivity index (χ1n) is 13.7. The maximum atomic E-state index is 13.0. The molecule has 3 fully saturated rings. The number of benzene rings is 1. The van der Waals surface area contributed by atoms with Crippen LogP contribution in [-0.4, -0.2) is 80.5 Å². The highest BCUT2D eigenvalue weighted by Gasteiger charge is 2.36. The minimum absolute atomic E-state index is 0.00279. The van der Waals surface area contributed by atoms with E-state index in [9.17, 15) is 9.59 Å². The summed E-state index contributed by atoms with van der Waals surface area (Å²) in [6.45, 7) is 6.01. The summed E-state index contributed by atoms with van der Waals surface area (Å²) < 4.78 is 9.18. The third-order valence-corrected chi connectivity index (χ3v) is 8.85. The van der Waals surface area contributed by atoms with Crippen LogP contribution >= 0.6 is 11.3 Å². The molecule has 5 heterocycles. The van der Waals surface area contributed by atoms with Gasteiger partial charge in [-0.1, -0.05) is 19.1 Å². The van der Waals surface area contributed by atoms with E-state index in [0.717, 1.165) is 63.5 Å². The first kappa shape index (κ1) is 24.6. The Labute approximate surface area is 230 Å². The molecule has 4 aromatic rings. The Morgan fingerprint density at radius 3 is 2.79 bits per heavy atom. The third-order valence-electron chi connectivity index (χ3n) is 7.72. The Bertz CT molecular complexity index is 1570. The maximum absolute atomic E-state index is 13.0. The van der Waals surface area contributed by atoms with Crippen LogP contribution < -0.4 is 5.32 Å². The second kappa shape index (κ2) is 9.96. The monoisotopic (exact) mass is 545 g/mol. The van der Waals surface area contributed by atoms with Crippen LogP contribution in [0.1, 0.15) is 42.3 Å². The van der Waals surface area contributed by atoms with Crippen LogP contribution in [0.4, 0.5) is 0 Å². The van der Waals surface area contributed by atoms with Gasteiger partial charge in [-0.3, -0.25) is 14.2 Å². The topological polar surface area (TPSA) is 105 Å². The summed E-state index contributed by atoms with van der Waals surface area (Å²) in [7, 11) is 0. The molecule has 1 aromatic carbocycles. The van der Waals surface area contributed by atoms with E-state index in [2.05, 4.69) is 18.3 Å². The van der Waals surface area contributed by atoms with Crippen LogP contribution in [0.15, 0.2) is 30.3 Å². The zero-order valence-corrected chi connectivity index (χ0v) is 22.7. The number of morpholine rings is 1. The molecular weight excluding hydrogens is 514 g/mol. The molecule has 3 aliphatic rings. The molecule has 1 saturated carbocycles. The second-order valence-corrected chi connectivity index (χ2v) is 11.6. The lowest BCUT2D eigenvalue weighted by Gasteiger charge is -2.34. The Morgan fingerprint density at radius 2 is 2.03 bits per heavy atom. The van der Waals surface area contributed by atoms with Gasteiger partial charge >= 0.3 is 0 Å². The molecule has 0 radical (unpaired) electrons. The van der Waals surface area contributed by atoms with Gasteiger partial charge in [0.25, 0.3) is 0 Å². The van der Waals surface area contributed by atoms with Gasteiger partial charge in [0.15, 0.2) is 0 Å². The summed E-state index contributed by atoms with van der Waals surface area (Å²) in [6.07, 6.45) is 2.47. The number of aromatic nitrogens is 4. The first-order chi connectivity index (χ1) is 19.1. The average Bonchev–Trinajstić information content (AvgIpc) is 3.63. The van der Waals surface area contributed by atoms with Crippen LogP contribution in [0.3, 0.4) is 0 Å². The molecule has 2 amide bonds. The summed E-state index contributed by atoms with van der Waals surface area (Å²) in [5, 5.41) is 3.42. The van der Waals surface area contributed by atoms with Crippen LogP contribution in [-0.2, 0) is 27.3 Å². The number of hydrogen-bond acceptors (Lipinski definition) is 8. The van der Waals surface area contributed by atoms with E-state index in [1.807, 2.05) is 33.7 Å². The van der Waals surface area contributed by atoms with Crippen LogP contribution in [0.2, 0.25) is 0 Å². The number of fused-ring (bicyclic) bond motifs is 2. The van der Waals surface area contributed by atoms with Crippen LogP contribution in [0.25, 0.3) is 27.2 Å². The number of ether oxygens (including phenoxy) is 1. The quantitative estimate of drug-likeness (QED) is 0.397. The molecule has 2 aliphatic heterocycles. The highest BCUT2D eigenvalue weighted by Crippen LogP contribution is 2.35. The molecule has 2 saturated heterocycles. The van der Waals surface area contributed by atoms with Gasteiger partial charge in [-0.05, 0) is 31.0 Å². The fourth-order valence-electron chi connectivity index (χ4n) is 5.50. The van der Waals surface area contributed by atoms with Gasteiger partial charge in [-0.2, -0.15) is 0 Å². The fraction of sp³-hybridized carbons (Fsp3) is 0.464. The predicted octanol–water partition coefficient (Wildman–Crippen LogP) is 2.83. The van der Waals surface area contributed by atoms with Crippen molar-refractivity contribution in [1.82, 2.24) is 34.6 Å². The van der Waals surface area contributed by atoms with Gasteiger partial charge in [-0.15, -0.1) is 11.3 Å². The Hall–Kier alpha value is -3.41. The van der Waals surface area contributed by atoms with Crippen LogP contribution in [0, 0.1) is 5.92 Å². The smallest absolute Gasteiger partial charge is 0.242 e. The standard InChI is InChI=1S/C28H31N7O3S/c1-2-23-30-19-5-3-4-6-21(19)35(23)28-31-20-13-18(39-26(20)25(32-28)22-14-29-9-12-38-22)15-33-10-11-34(16-24(33)36)27(37)17-7-8-17/h3-6,13,17,22,29H,2,7-12,14-16H2,1H3. The number of thiophene rings is 1. The Balaban J connectivity index is 1.24. The minimum Gasteiger partial charge on any atom is -0.369 e. The summed E-state index contributed by atoms with van der Waals surface area (Å²) >= 11 is 1.62.